The van der Waals surface area contributed by atoms with Crippen LogP contribution in [0.4, 0.5) is 5.13 Å². The molecule has 1 amide bonds. The quantitative estimate of drug-likeness (QED) is 0.238. The molecule has 5 rings (SSSR count). The van der Waals surface area contributed by atoms with E-state index in [9.17, 15) is 9.59 Å². The lowest BCUT2D eigenvalue weighted by Gasteiger charge is -2.16. The molecule has 0 saturated carbocycles. The molecule has 7 nitrogen and oxygen atoms in total. The smallest absolute Gasteiger partial charge is 0.339 e. The molecule has 0 aliphatic heterocycles. The van der Waals surface area contributed by atoms with Crippen LogP contribution in [0.15, 0.2) is 78.2 Å². The van der Waals surface area contributed by atoms with E-state index in [1.165, 1.54) is 11.3 Å². The van der Waals surface area contributed by atoms with Gasteiger partial charge in [0.05, 0.1) is 22.3 Å². The van der Waals surface area contributed by atoms with Crippen molar-refractivity contribution >= 4 is 51.0 Å². The van der Waals surface area contributed by atoms with Crippen molar-refractivity contribution in [1.29, 1.82) is 0 Å². The van der Waals surface area contributed by atoms with Crippen molar-refractivity contribution in [2.75, 3.05) is 5.32 Å². The first-order valence-corrected chi connectivity index (χ1v) is 12.6. The fourth-order valence-electron chi connectivity index (χ4n) is 3.77. The third-order valence-corrected chi connectivity index (χ3v) is 6.68. The van der Waals surface area contributed by atoms with Crippen LogP contribution in [0.5, 0.6) is 0 Å². The highest BCUT2D eigenvalue weighted by molar-refractivity contribution is 7.14. The molecule has 2 N–H and O–H groups in total. The summed E-state index contributed by atoms with van der Waals surface area (Å²) < 4.78 is 5.63. The van der Waals surface area contributed by atoms with Crippen LogP contribution in [0, 0.1) is 0 Å². The van der Waals surface area contributed by atoms with Gasteiger partial charge in [-0.05, 0) is 30.7 Å². The van der Waals surface area contributed by atoms with Crippen LogP contribution in [0.2, 0.25) is 5.02 Å². The molecule has 0 bridgehead atoms. The van der Waals surface area contributed by atoms with E-state index in [1.807, 2.05) is 53.9 Å². The van der Waals surface area contributed by atoms with E-state index in [0.717, 1.165) is 16.6 Å². The minimum absolute atomic E-state index is 0.299. The van der Waals surface area contributed by atoms with Crippen molar-refractivity contribution in [3.05, 3.63) is 88.8 Å². The lowest BCUT2D eigenvalue weighted by atomic mass is 10.1. The average molecular weight is 517 g/mol. The molecule has 2 heterocycles. The van der Waals surface area contributed by atoms with Crippen molar-refractivity contribution in [3.8, 4) is 22.6 Å². The second-order valence-electron chi connectivity index (χ2n) is 7.96. The van der Waals surface area contributed by atoms with Crippen LogP contribution in [-0.4, -0.2) is 32.9 Å². The number of hydrogen-bond donors (Lipinski definition) is 2. The van der Waals surface area contributed by atoms with Gasteiger partial charge in [-0.2, -0.15) is 0 Å². The number of carbonyl (C=O) groups is 2. The number of rotatable bonds is 7. The summed E-state index contributed by atoms with van der Waals surface area (Å²) in [5.74, 6) is -0.507. The maximum Gasteiger partial charge on any atom is 0.339 e. The summed E-state index contributed by atoms with van der Waals surface area (Å²) in [6.07, 6.45) is -0.693. The van der Waals surface area contributed by atoms with Gasteiger partial charge in [0, 0.05) is 21.5 Å². The average Bonchev–Trinajstić information content (AvgIpc) is 3.54. The minimum Gasteiger partial charge on any atom is -0.449 e. The number of esters is 1. The SMILES string of the molecule is CCC(OC(=O)c1ccccc1-c1nc2ccccc2[nH]1)C(=O)Nc1nc(-c2ccccc2Cl)cs1. The molecule has 0 radical (unpaired) electrons. The molecule has 0 fully saturated rings. The highest BCUT2D eigenvalue weighted by atomic mass is 35.5. The number of fused-ring (bicyclic) bond motifs is 1. The molecule has 1 unspecified atom stereocenters. The van der Waals surface area contributed by atoms with Crippen molar-refractivity contribution in [1.82, 2.24) is 15.0 Å². The number of H-pyrrole nitrogens is 1. The summed E-state index contributed by atoms with van der Waals surface area (Å²) in [7, 11) is 0. The highest BCUT2D eigenvalue weighted by Crippen LogP contribution is 2.30. The first kappa shape index (κ1) is 23.7. The molecule has 0 spiro atoms. The molecule has 36 heavy (non-hydrogen) atoms. The predicted octanol–water partition coefficient (Wildman–Crippen LogP) is 6.58. The summed E-state index contributed by atoms with van der Waals surface area (Å²) in [6, 6.07) is 22.0. The van der Waals surface area contributed by atoms with Crippen LogP contribution in [0.25, 0.3) is 33.7 Å². The van der Waals surface area contributed by atoms with E-state index >= 15 is 0 Å². The number of benzene rings is 3. The number of anilines is 1. The summed E-state index contributed by atoms with van der Waals surface area (Å²) in [5.41, 5.74) is 4.00. The number of amides is 1. The van der Waals surface area contributed by atoms with E-state index in [0.29, 0.717) is 39.2 Å². The molecule has 0 aliphatic carbocycles. The van der Waals surface area contributed by atoms with Gasteiger partial charge in [0.2, 0.25) is 0 Å². The zero-order chi connectivity index (χ0) is 25.1. The summed E-state index contributed by atoms with van der Waals surface area (Å²) in [5, 5.41) is 5.53. The highest BCUT2D eigenvalue weighted by Gasteiger charge is 2.25. The molecule has 9 heteroatoms. The molecule has 2 aromatic heterocycles. The number of aromatic amines is 1. The number of halogens is 1. The molecular weight excluding hydrogens is 496 g/mol. The van der Waals surface area contributed by atoms with E-state index in [1.54, 1.807) is 31.2 Å². The van der Waals surface area contributed by atoms with Gasteiger partial charge in [0.1, 0.15) is 5.82 Å². The van der Waals surface area contributed by atoms with Gasteiger partial charge in [0.25, 0.3) is 5.91 Å². The van der Waals surface area contributed by atoms with Crippen LogP contribution in [-0.2, 0) is 9.53 Å². The molecule has 1 atom stereocenters. The molecule has 0 saturated heterocycles. The number of hydrogen-bond acceptors (Lipinski definition) is 6. The second-order valence-corrected chi connectivity index (χ2v) is 9.22. The van der Waals surface area contributed by atoms with Crippen LogP contribution < -0.4 is 5.32 Å². The lowest BCUT2D eigenvalue weighted by molar-refractivity contribution is -0.124. The lowest BCUT2D eigenvalue weighted by Crippen LogP contribution is -2.32. The molecule has 5 aromatic rings. The van der Waals surface area contributed by atoms with Crippen LogP contribution in [0.1, 0.15) is 23.7 Å². The number of nitrogens with zero attached hydrogens (tertiary/aromatic N) is 2. The fraction of sp³-hybridized carbons (Fsp3) is 0.111. The molecule has 3 aromatic carbocycles. The van der Waals surface area contributed by atoms with E-state index in [4.69, 9.17) is 16.3 Å². The third-order valence-electron chi connectivity index (χ3n) is 5.59. The predicted molar refractivity (Wildman–Crippen MR) is 142 cm³/mol. The normalized spacial score (nSPS) is 11.8. The van der Waals surface area contributed by atoms with E-state index < -0.39 is 18.0 Å². The Morgan fingerprint density at radius 1 is 1.00 bits per heavy atom. The molecule has 0 aliphatic rings. The van der Waals surface area contributed by atoms with E-state index in [-0.39, 0.29) is 0 Å². The Labute approximate surface area is 216 Å². The summed E-state index contributed by atoms with van der Waals surface area (Å²) in [6.45, 7) is 1.78. The Morgan fingerprint density at radius 3 is 2.50 bits per heavy atom. The van der Waals surface area contributed by atoms with Crippen LogP contribution in [0.3, 0.4) is 0 Å². The van der Waals surface area contributed by atoms with Gasteiger partial charge in [-0.25, -0.2) is 14.8 Å². The number of ether oxygens (including phenoxy) is 1. The van der Waals surface area contributed by atoms with Gasteiger partial charge in [-0.1, -0.05) is 67.1 Å². The maximum absolute atomic E-state index is 13.1. The fourth-order valence-corrected chi connectivity index (χ4v) is 4.72. The van der Waals surface area contributed by atoms with E-state index in [2.05, 4.69) is 20.3 Å². The maximum atomic E-state index is 13.1. The number of para-hydroxylation sites is 2. The van der Waals surface area contributed by atoms with Crippen LogP contribution >= 0.6 is 22.9 Å². The molecule has 180 valence electrons. The Bertz CT molecular complexity index is 1530. The zero-order valence-electron chi connectivity index (χ0n) is 19.2. The number of nitrogens with one attached hydrogen (secondary N) is 2. The number of aromatic nitrogens is 3. The standard InChI is InChI=1S/C27H21ClN4O3S/c1-2-23(25(33)32-27-31-22(15-36-27)18-11-5-6-12-19(18)28)35-26(34)17-10-4-3-9-16(17)24-29-20-13-7-8-14-21(20)30-24/h3-15,23H,2H2,1H3,(H,29,30)(H,31,32,33). The number of carbonyl (C=O) groups excluding carboxylic acids is 2. The van der Waals surface area contributed by atoms with Gasteiger partial charge >= 0.3 is 5.97 Å². The largest absolute Gasteiger partial charge is 0.449 e. The van der Waals surface area contributed by atoms with Gasteiger partial charge in [-0.3, -0.25) is 10.1 Å². The zero-order valence-corrected chi connectivity index (χ0v) is 20.8. The van der Waals surface area contributed by atoms with Gasteiger partial charge in [0.15, 0.2) is 11.2 Å². The van der Waals surface area contributed by atoms with Crippen molar-refractivity contribution in [3.63, 3.8) is 0 Å². The van der Waals surface area contributed by atoms with Crippen molar-refractivity contribution in [2.45, 2.75) is 19.4 Å². The van der Waals surface area contributed by atoms with Crippen molar-refractivity contribution in [2.24, 2.45) is 0 Å². The Kier molecular flexibility index (Phi) is 6.79. The number of thiazole rings is 1. The van der Waals surface area contributed by atoms with Crippen molar-refractivity contribution < 1.29 is 14.3 Å². The Morgan fingerprint density at radius 2 is 1.72 bits per heavy atom. The first-order valence-electron chi connectivity index (χ1n) is 11.3. The second kappa shape index (κ2) is 10.3. The van der Waals surface area contributed by atoms with Gasteiger partial charge in [-0.15, -0.1) is 11.3 Å². The van der Waals surface area contributed by atoms with Gasteiger partial charge < -0.3 is 9.72 Å². The monoisotopic (exact) mass is 516 g/mol. The summed E-state index contributed by atoms with van der Waals surface area (Å²) >= 11 is 7.53. The topological polar surface area (TPSA) is 97.0 Å². The number of imidazole rings is 1. The third kappa shape index (κ3) is 4.86. The Hall–Kier alpha value is -4.01. The Balaban J connectivity index is 1.32. The minimum atomic E-state index is -0.992. The summed E-state index contributed by atoms with van der Waals surface area (Å²) in [4.78, 5) is 38.3. The first-order chi connectivity index (χ1) is 17.5. The molecular formula is C27H21ClN4O3S.